The quantitative estimate of drug-likeness (QED) is 0.692. The van der Waals surface area contributed by atoms with Crippen molar-refractivity contribution in [1.29, 1.82) is 0 Å². The van der Waals surface area contributed by atoms with Gasteiger partial charge in [0, 0.05) is 25.2 Å². The number of nitrogens with zero attached hydrogens (tertiary/aromatic N) is 1. The minimum atomic E-state index is 0.103. The van der Waals surface area contributed by atoms with Crippen molar-refractivity contribution >= 4 is 0 Å². The van der Waals surface area contributed by atoms with Crippen LogP contribution in [0.2, 0.25) is 0 Å². The van der Waals surface area contributed by atoms with E-state index >= 15 is 0 Å². The summed E-state index contributed by atoms with van der Waals surface area (Å²) in [4.78, 5) is 2.47. The van der Waals surface area contributed by atoms with Crippen LogP contribution in [0.5, 0.6) is 0 Å². The molecular formula is C10H22N2. The van der Waals surface area contributed by atoms with Crippen LogP contribution in [-0.4, -0.2) is 30.1 Å². The van der Waals surface area contributed by atoms with Crippen LogP contribution in [0.4, 0.5) is 0 Å². The lowest BCUT2D eigenvalue weighted by atomic mass is 9.91. The lowest BCUT2D eigenvalue weighted by molar-refractivity contribution is 0.0654. The summed E-state index contributed by atoms with van der Waals surface area (Å²) in [7, 11) is 0. The second-order valence-corrected chi connectivity index (χ2v) is 4.51. The van der Waals surface area contributed by atoms with Gasteiger partial charge in [0.25, 0.3) is 0 Å². The van der Waals surface area contributed by atoms with Gasteiger partial charge in [-0.2, -0.15) is 0 Å². The Labute approximate surface area is 76.1 Å². The van der Waals surface area contributed by atoms with Gasteiger partial charge in [-0.05, 0) is 12.8 Å². The largest absolute Gasteiger partial charge is 0.323 e. The average Bonchev–Trinajstić information content (AvgIpc) is 1.96. The van der Waals surface area contributed by atoms with Crippen LogP contribution in [0.3, 0.4) is 0 Å². The zero-order valence-corrected chi connectivity index (χ0v) is 8.64. The molecule has 2 heteroatoms. The van der Waals surface area contributed by atoms with E-state index in [1.54, 1.807) is 0 Å². The van der Waals surface area contributed by atoms with Gasteiger partial charge in [-0.25, -0.2) is 0 Å². The Morgan fingerprint density at radius 2 is 1.83 bits per heavy atom. The van der Waals surface area contributed by atoms with Crippen molar-refractivity contribution in [3.63, 3.8) is 0 Å². The standard InChI is InChI=1S/C10H22N2/c1-4-9(5-2)6-12-7-10(3,11)8-12/h9H,4-8,11H2,1-3H3. The first-order chi connectivity index (χ1) is 5.57. The van der Waals surface area contributed by atoms with Crippen molar-refractivity contribution in [3.05, 3.63) is 0 Å². The molecule has 72 valence electrons. The number of rotatable bonds is 4. The Morgan fingerprint density at radius 1 is 1.33 bits per heavy atom. The Balaban J connectivity index is 2.17. The van der Waals surface area contributed by atoms with E-state index in [1.165, 1.54) is 19.4 Å². The van der Waals surface area contributed by atoms with Crippen molar-refractivity contribution < 1.29 is 0 Å². The molecule has 0 aromatic heterocycles. The van der Waals surface area contributed by atoms with Gasteiger partial charge in [-0.15, -0.1) is 0 Å². The molecule has 0 aliphatic carbocycles. The highest BCUT2D eigenvalue weighted by atomic mass is 15.2. The van der Waals surface area contributed by atoms with E-state index in [0.717, 1.165) is 19.0 Å². The average molecular weight is 170 g/mol. The van der Waals surface area contributed by atoms with Crippen LogP contribution in [0.25, 0.3) is 0 Å². The van der Waals surface area contributed by atoms with Crippen LogP contribution in [-0.2, 0) is 0 Å². The summed E-state index contributed by atoms with van der Waals surface area (Å²) in [5.74, 6) is 0.876. The Kier molecular flexibility index (Phi) is 3.13. The Morgan fingerprint density at radius 3 is 2.17 bits per heavy atom. The predicted molar refractivity (Wildman–Crippen MR) is 53.1 cm³/mol. The smallest absolute Gasteiger partial charge is 0.0383 e. The fourth-order valence-corrected chi connectivity index (χ4v) is 2.02. The molecular weight excluding hydrogens is 148 g/mol. The summed E-state index contributed by atoms with van der Waals surface area (Å²) in [5.41, 5.74) is 6.03. The van der Waals surface area contributed by atoms with Crippen molar-refractivity contribution in [2.45, 2.75) is 39.2 Å². The second kappa shape index (κ2) is 3.75. The molecule has 0 radical (unpaired) electrons. The summed E-state index contributed by atoms with van der Waals surface area (Å²) in [6, 6.07) is 0. The third-order valence-corrected chi connectivity index (χ3v) is 2.84. The van der Waals surface area contributed by atoms with E-state index < -0.39 is 0 Å². The third-order valence-electron chi connectivity index (χ3n) is 2.84. The van der Waals surface area contributed by atoms with Crippen LogP contribution in [0.1, 0.15) is 33.6 Å². The van der Waals surface area contributed by atoms with E-state index in [0.29, 0.717) is 0 Å². The Bertz CT molecular complexity index is 131. The number of hydrogen-bond donors (Lipinski definition) is 1. The van der Waals surface area contributed by atoms with Crippen molar-refractivity contribution in [2.24, 2.45) is 11.7 Å². The first-order valence-corrected chi connectivity index (χ1v) is 5.08. The van der Waals surface area contributed by atoms with Crippen molar-refractivity contribution in [1.82, 2.24) is 4.90 Å². The van der Waals surface area contributed by atoms with E-state index in [9.17, 15) is 0 Å². The summed E-state index contributed by atoms with van der Waals surface area (Å²) in [6.07, 6.45) is 2.60. The number of nitrogens with two attached hydrogens (primary N) is 1. The molecule has 1 heterocycles. The molecule has 0 saturated carbocycles. The molecule has 0 amide bonds. The maximum Gasteiger partial charge on any atom is 0.0383 e. The van der Waals surface area contributed by atoms with Crippen molar-refractivity contribution in [2.75, 3.05) is 19.6 Å². The van der Waals surface area contributed by atoms with Gasteiger partial charge in [-0.1, -0.05) is 26.7 Å². The Hall–Kier alpha value is -0.0800. The monoisotopic (exact) mass is 170 g/mol. The lowest BCUT2D eigenvalue weighted by Crippen LogP contribution is -2.65. The van der Waals surface area contributed by atoms with Crippen LogP contribution >= 0.6 is 0 Å². The van der Waals surface area contributed by atoms with Crippen LogP contribution in [0, 0.1) is 5.92 Å². The number of likely N-dealkylation sites (tertiary alicyclic amines) is 1. The fourth-order valence-electron chi connectivity index (χ4n) is 2.02. The maximum absolute atomic E-state index is 5.93. The highest BCUT2D eigenvalue weighted by molar-refractivity contribution is 4.96. The summed E-state index contributed by atoms with van der Waals surface area (Å²) >= 11 is 0. The molecule has 0 aromatic carbocycles. The van der Waals surface area contributed by atoms with Gasteiger partial charge in [-0.3, -0.25) is 4.90 Å². The van der Waals surface area contributed by atoms with Gasteiger partial charge in [0.2, 0.25) is 0 Å². The molecule has 2 nitrogen and oxygen atoms in total. The molecule has 2 N–H and O–H groups in total. The van der Waals surface area contributed by atoms with Gasteiger partial charge >= 0.3 is 0 Å². The molecule has 0 unspecified atom stereocenters. The van der Waals surface area contributed by atoms with Crippen LogP contribution < -0.4 is 5.73 Å². The molecule has 0 bridgehead atoms. The van der Waals surface area contributed by atoms with Gasteiger partial charge in [0.15, 0.2) is 0 Å². The minimum absolute atomic E-state index is 0.103. The maximum atomic E-state index is 5.93. The molecule has 1 aliphatic heterocycles. The summed E-state index contributed by atoms with van der Waals surface area (Å²) in [6.45, 7) is 10.1. The lowest BCUT2D eigenvalue weighted by Gasteiger charge is -2.46. The normalized spacial score (nSPS) is 22.8. The zero-order valence-electron chi connectivity index (χ0n) is 8.64. The first-order valence-electron chi connectivity index (χ1n) is 5.08. The van der Waals surface area contributed by atoms with Gasteiger partial charge in [0.05, 0.1) is 0 Å². The highest BCUT2D eigenvalue weighted by Gasteiger charge is 2.34. The zero-order chi connectivity index (χ0) is 9.19. The summed E-state index contributed by atoms with van der Waals surface area (Å²) in [5, 5.41) is 0. The third kappa shape index (κ3) is 2.46. The topological polar surface area (TPSA) is 29.3 Å². The predicted octanol–water partition coefficient (Wildman–Crippen LogP) is 1.46. The minimum Gasteiger partial charge on any atom is -0.323 e. The molecule has 1 aliphatic rings. The highest BCUT2D eigenvalue weighted by Crippen LogP contribution is 2.20. The van der Waals surface area contributed by atoms with E-state index in [2.05, 4.69) is 25.7 Å². The first kappa shape index (κ1) is 10.0. The second-order valence-electron chi connectivity index (χ2n) is 4.51. The number of hydrogen-bond acceptors (Lipinski definition) is 2. The van der Waals surface area contributed by atoms with E-state index in [1.807, 2.05) is 0 Å². The fraction of sp³-hybridized carbons (Fsp3) is 1.00. The van der Waals surface area contributed by atoms with Gasteiger partial charge < -0.3 is 5.73 Å². The molecule has 1 saturated heterocycles. The molecule has 1 fully saturated rings. The van der Waals surface area contributed by atoms with Gasteiger partial charge in [0.1, 0.15) is 0 Å². The summed E-state index contributed by atoms with van der Waals surface area (Å²) < 4.78 is 0. The van der Waals surface area contributed by atoms with Crippen LogP contribution in [0.15, 0.2) is 0 Å². The molecule has 12 heavy (non-hydrogen) atoms. The molecule has 0 aromatic rings. The van der Waals surface area contributed by atoms with E-state index in [-0.39, 0.29) is 5.54 Å². The SMILES string of the molecule is CCC(CC)CN1CC(C)(N)C1. The molecule has 0 spiro atoms. The van der Waals surface area contributed by atoms with E-state index in [4.69, 9.17) is 5.73 Å². The molecule has 0 atom stereocenters. The van der Waals surface area contributed by atoms with Crippen molar-refractivity contribution in [3.8, 4) is 0 Å². The molecule has 1 rings (SSSR count).